The fourth-order valence-corrected chi connectivity index (χ4v) is 3.13. The summed E-state index contributed by atoms with van der Waals surface area (Å²) in [5.74, 6) is 2.63. The van der Waals surface area contributed by atoms with E-state index in [1.165, 1.54) is 5.56 Å². The molecule has 0 radical (unpaired) electrons. The zero-order valence-corrected chi connectivity index (χ0v) is 18.3. The Morgan fingerprint density at radius 2 is 2.27 bits per heavy atom. The van der Waals surface area contributed by atoms with E-state index >= 15 is 0 Å². The fourth-order valence-electron chi connectivity index (χ4n) is 3.13. The van der Waals surface area contributed by atoms with Crippen LogP contribution in [0.3, 0.4) is 0 Å². The number of rotatable bonds is 5. The first kappa shape index (κ1) is 20.7. The van der Waals surface area contributed by atoms with E-state index in [0.29, 0.717) is 18.4 Å². The molecule has 0 aliphatic carbocycles. The van der Waals surface area contributed by atoms with Gasteiger partial charge in [0.15, 0.2) is 11.7 Å². The van der Waals surface area contributed by atoms with Gasteiger partial charge in [0.1, 0.15) is 6.54 Å². The normalized spacial score (nSPS) is 17.7. The molecule has 1 atom stereocenters. The Morgan fingerprint density at radius 1 is 1.46 bits per heavy atom. The maximum absolute atomic E-state index is 5.40. The van der Waals surface area contributed by atoms with Crippen molar-refractivity contribution in [1.82, 2.24) is 25.2 Å². The summed E-state index contributed by atoms with van der Waals surface area (Å²) in [6.07, 6.45) is 5.20. The first-order valence-electron chi connectivity index (χ1n) is 9.04. The van der Waals surface area contributed by atoms with Crippen molar-refractivity contribution in [3.63, 3.8) is 0 Å². The van der Waals surface area contributed by atoms with Gasteiger partial charge in [-0.25, -0.2) is 4.99 Å². The van der Waals surface area contributed by atoms with E-state index in [2.05, 4.69) is 47.4 Å². The third kappa shape index (κ3) is 4.99. The molecular weight excluding hydrogens is 443 g/mol. The summed E-state index contributed by atoms with van der Waals surface area (Å²) in [5.41, 5.74) is 2.28. The van der Waals surface area contributed by atoms with E-state index in [4.69, 9.17) is 9.52 Å². The maximum atomic E-state index is 5.40. The second kappa shape index (κ2) is 9.38. The lowest BCUT2D eigenvalue weighted by atomic mass is 10.0. The highest BCUT2D eigenvalue weighted by Gasteiger charge is 2.27. The molecule has 26 heavy (non-hydrogen) atoms. The molecule has 1 saturated heterocycles. The van der Waals surface area contributed by atoms with Crippen molar-refractivity contribution in [3.05, 3.63) is 35.5 Å². The van der Waals surface area contributed by atoms with Crippen LogP contribution >= 0.6 is 24.0 Å². The van der Waals surface area contributed by atoms with Gasteiger partial charge in [-0.2, -0.15) is 5.10 Å². The van der Waals surface area contributed by atoms with Crippen LogP contribution in [0.25, 0.3) is 0 Å². The molecule has 8 heteroatoms. The number of guanidine groups is 1. The van der Waals surface area contributed by atoms with E-state index in [-0.39, 0.29) is 24.0 Å². The number of halogens is 1. The van der Waals surface area contributed by atoms with E-state index in [9.17, 15) is 0 Å². The van der Waals surface area contributed by atoms with Crippen LogP contribution in [-0.4, -0.2) is 45.4 Å². The predicted octanol–water partition coefficient (Wildman–Crippen LogP) is 3.10. The highest BCUT2D eigenvalue weighted by atomic mass is 127. The Kier molecular flexibility index (Phi) is 7.48. The van der Waals surface area contributed by atoms with Crippen molar-refractivity contribution in [2.75, 3.05) is 19.6 Å². The summed E-state index contributed by atoms with van der Waals surface area (Å²) in [6.45, 7) is 9.63. The van der Waals surface area contributed by atoms with Crippen molar-refractivity contribution in [2.45, 2.75) is 45.6 Å². The van der Waals surface area contributed by atoms with E-state index in [0.717, 1.165) is 43.5 Å². The molecule has 3 heterocycles. The molecular formula is C18H29IN6O. The van der Waals surface area contributed by atoms with E-state index in [1.54, 1.807) is 0 Å². The van der Waals surface area contributed by atoms with Crippen LogP contribution in [0.15, 0.2) is 28.0 Å². The standard InChI is InChI=1S/C18H28N6O.HI/c1-5-19-18(20-10-16-8-17(13(2)3)22-25-16)24-7-6-14(12-24)15-9-21-23(4)11-15;/h8-9,11,13-14H,5-7,10,12H2,1-4H3,(H,19,20);1H. The van der Waals surface area contributed by atoms with Gasteiger partial charge in [0, 0.05) is 44.9 Å². The third-order valence-electron chi connectivity index (χ3n) is 4.57. The first-order valence-corrected chi connectivity index (χ1v) is 9.04. The SMILES string of the molecule is CCNC(=NCc1cc(C(C)C)no1)N1CCC(c2cnn(C)c2)C1.I. The lowest BCUT2D eigenvalue weighted by Gasteiger charge is -2.21. The number of nitrogens with zero attached hydrogens (tertiary/aromatic N) is 5. The number of hydrogen-bond acceptors (Lipinski definition) is 4. The molecule has 3 rings (SSSR count). The summed E-state index contributed by atoms with van der Waals surface area (Å²) in [6, 6.07) is 2.00. The van der Waals surface area contributed by atoms with Crippen LogP contribution in [0, 0.1) is 0 Å². The smallest absolute Gasteiger partial charge is 0.194 e. The average Bonchev–Trinajstić information content (AvgIpc) is 3.31. The van der Waals surface area contributed by atoms with Crippen molar-refractivity contribution >= 4 is 29.9 Å². The number of nitrogens with one attached hydrogen (secondary N) is 1. The van der Waals surface area contributed by atoms with Crippen molar-refractivity contribution in [3.8, 4) is 0 Å². The molecule has 7 nitrogen and oxygen atoms in total. The van der Waals surface area contributed by atoms with Crippen molar-refractivity contribution < 1.29 is 4.52 Å². The van der Waals surface area contributed by atoms with Gasteiger partial charge in [-0.1, -0.05) is 19.0 Å². The van der Waals surface area contributed by atoms with Gasteiger partial charge in [-0.05, 0) is 24.8 Å². The van der Waals surface area contributed by atoms with Crippen LogP contribution in [0.1, 0.15) is 56.0 Å². The number of aromatic nitrogens is 3. The monoisotopic (exact) mass is 472 g/mol. The molecule has 2 aromatic rings. The second-order valence-corrected chi connectivity index (χ2v) is 6.92. The average molecular weight is 472 g/mol. The van der Waals surface area contributed by atoms with Crippen LogP contribution < -0.4 is 5.32 Å². The number of likely N-dealkylation sites (tertiary alicyclic amines) is 1. The van der Waals surface area contributed by atoms with Gasteiger partial charge in [0.05, 0.1) is 11.9 Å². The quantitative estimate of drug-likeness (QED) is 0.412. The largest absolute Gasteiger partial charge is 0.359 e. The lowest BCUT2D eigenvalue weighted by molar-refractivity contribution is 0.375. The fraction of sp³-hybridized carbons (Fsp3) is 0.611. The van der Waals surface area contributed by atoms with E-state index < -0.39 is 0 Å². The van der Waals surface area contributed by atoms with Crippen molar-refractivity contribution in [1.29, 1.82) is 0 Å². The van der Waals surface area contributed by atoms with Gasteiger partial charge < -0.3 is 14.7 Å². The molecule has 0 aromatic carbocycles. The number of hydrogen-bond donors (Lipinski definition) is 1. The zero-order chi connectivity index (χ0) is 17.8. The Bertz CT molecular complexity index is 723. The van der Waals surface area contributed by atoms with Gasteiger partial charge >= 0.3 is 0 Å². The Hall–Kier alpha value is -1.58. The Morgan fingerprint density at radius 3 is 2.88 bits per heavy atom. The van der Waals surface area contributed by atoms with Gasteiger partial charge in [-0.3, -0.25) is 4.68 Å². The highest BCUT2D eigenvalue weighted by molar-refractivity contribution is 14.0. The summed E-state index contributed by atoms with van der Waals surface area (Å²) >= 11 is 0. The van der Waals surface area contributed by atoms with Crippen molar-refractivity contribution in [2.24, 2.45) is 12.0 Å². The summed E-state index contributed by atoms with van der Waals surface area (Å²) < 4.78 is 7.26. The van der Waals surface area contributed by atoms with Crippen LogP contribution in [0.5, 0.6) is 0 Å². The van der Waals surface area contributed by atoms with Gasteiger partial charge in [0.25, 0.3) is 0 Å². The maximum Gasteiger partial charge on any atom is 0.194 e. The second-order valence-electron chi connectivity index (χ2n) is 6.92. The molecule has 1 aliphatic heterocycles. The van der Waals surface area contributed by atoms with Crippen LogP contribution in [0.2, 0.25) is 0 Å². The molecule has 0 bridgehead atoms. The molecule has 144 valence electrons. The molecule has 1 aliphatic rings. The highest BCUT2D eigenvalue weighted by Crippen LogP contribution is 2.26. The third-order valence-corrected chi connectivity index (χ3v) is 4.57. The summed E-state index contributed by atoms with van der Waals surface area (Å²) in [7, 11) is 1.96. The minimum Gasteiger partial charge on any atom is -0.359 e. The molecule has 1 unspecified atom stereocenters. The molecule has 2 aromatic heterocycles. The molecule has 0 amide bonds. The van der Waals surface area contributed by atoms with E-state index in [1.807, 2.05) is 24.0 Å². The van der Waals surface area contributed by atoms with Crippen LogP contribution in [0.4, 0.5) is 0 Å². The summed E-state index contributed by atoms with van der Waals surface area (Å²) in [5, 5.41) is 11.8. The topological polar surface area (TPSA) is 71.5 Å². The summed E-state index contributed by atoms with van der Waals surface area (Å²) in [4.78, 5) is 7.07. The predicted molar refractivity (Wildman–Crippen MR) is 113 cm³/mol. The molecule has 0 saturated carbocycles. The zero-order valence-electron chi connectivity index (χ0n) is 16.0. The number of aryl methyl sites for hydroxylation is 1. The minimum atomic E-state index is 0. The lowest BCUT2D eigenvalue weighted by Crippen LogP contribution is -2.39. The first-order chi connectivity index (χ1) is 12.1. The Labute approximate surface area is 172 Å². The Balaban J connectivity index is 0.00000243. The molecule has 0 spiro atoms. The van der Waals surface area contributed by atoms with Gasteiger partial charge in [0.2, 0.25) is 0 Å². The number of aliphatic imine (C=N–C) groups is 1. The van der Waals surface area contributed by atoms with Crippen LogP contribution in [-0.2, 0) is 13.6 Å². The minimum absolute atomic E-state index is 0. The molecule has 1 fully saturated rings. The van der Waals surface area contributed by atoms with Gasteiger partial charge in [-0.15, -0.1) is 24.0 Å². The molecule has 1 N–H and O–H groups in total.